The average Bonchev–Trinajstić information content (AvgIpc) is 2.74. The number of rotatable bonds is 10. The summed E-state index contributed by atoms with van der Waals surface area (Å²) in [6, 6.07) is 9.45. The van der Waals surface area contributed by atoms with Gasteiger partial charge in [-0.05, 0) is 30.7 Å². The molecule has 2 aromatic carbocycles. The molecule has 0 unspecified atom stereocenters. The fraction of sp³-hybridized carbons (Fsp3) is 0.300. The van der Waals surface area contributed by atoms with Crippen LogP contribution in [0.4, 0.5) is 5.69 Å². The molecule has 0 spiro atoms. The lowest BCUT2D eigenvalue weighted by molar-refractivity contribution is -0.386. The van der Waals surface area contributed by atoms with Gasteiger partial charge in [0.05, 0.1) is 32.0 Å². The van der Waals surface area contributed by atoms with Gasteiger partial charge >= 0.3 is 5.69 Å². The number of amides is 1. The van der Waals surface area contributed by atoms with Crippen LogP contribution in [0.25, 0.3) is 0 Å². The van der Waals surface area contributed by atoms with Gasteiger partial charge in [0.1, 0.15) is 5.75 Å². The van der Waals surface area contributed by atoms with Gasteiger partial charge in [-0.25, -0.2) is 5.43 Å². The highest BCUT2D eigenvalue weighted by Crippen LogP contribution is 2.38. The topological polar surface area (TPSA) is 112 Å². The molecule has 0 saturated carbocycles. The Hall–Kier alpha value is -3.62. The van der Waals surface area contributed by atoms with Gasteiger partial charge in [-0.3, -0.25) is 14.9 Å². The molecule has 0 aromatic heterocycles. The Labute approximate surface area is 168 Å². The number of carbonyl (C=O) groups excluding carboxylic acids is 1. The number of nitro groups is 1. The Kier molecular flexibility index (Phi) is 7.96. The lowest BCUT2D eigenvalue weighted by Gasteiger charge is -2.11. The summed E-state index contributed by atoms with van der Waals surface area (Å²) in [6.07, 6.45) is 2.96. The van der Waals surface area contributed by atoms with Crippen LogP contribution in [0.2, 0.25) is 0 Å². The summed E-state index contributed by atoms with van der Waals surface area (Å²) in [4.78, 5) is 23.1. The summed E-state index contributed by atoms with van der Waals surface area (Å²) in [7, 11) is 2.91. The van der Waals surface area contributed by atoms with Crippen LogP contribution in [0.15, 0.2) is 41.5 Å². The molecule has 0 bridgehead atoms. The molecule has 9 heteroatoms. The molecule has 29 heavy (non-hydrogen) atoms. The number of hydrazone groups is 1. The summed E-state index contributed by atoms with van der Waals surface area (Å²) in [6.45, 7) is 2.34. The number of hydrogen-bond acceptors (Lipinski definition) is 7. The zero-order valence-corrected chi connectivity index (χ0v) is 16.5. The fourth-order valence-corrected chi connectivity index (χ4v) is 2.43. The number of hydrogen-bond donors (Lipinski definition) is 1. The van der Waals surface area contributed by atoms with Crippen molar-refractivity contribution in [2.24, 2.45) is 5.10 Å². The van der Waals surface area contributed by atoms with Crippen molar-refractivity contribution in [3.05, 3.63) is 57.6 Å². The molecule has 1 N–H and O–H groups in total. The summed E-state index contributed by atoms with van der Waals surface area (Å²) in [5.74, 6) is 0.390. The van der Waals surface area contributed by atoms with Gasteiger partial charge in [0.15, 0.2) is 5.75 Å². The second-order valence-electron chi connectivity index (χ2n) is 5.96. The predicted octanol–water partition coefficient (Wildman–Crippen LogP) is 3.55. The Morgan fingerprint density at radius 3 is 2.69 bits per heavy atom. The highest BCUT2D eigenvalue weighted by atomic mass is 16.6. The molecular weight excluding hydrogens is 378 g/mol. The molecule has 0 fully saturated rings. The van der Waals surface area contributed by atoms with Crippen LogP contribution in [-0.4, -0.2) is 37.9 Å². The van der Waals surface area contributed by atoms with E-state index >= 15 is 0 Å². The monoisotopic (exact) mass is 401 g/mol. The molecule has 0 atom stereocenters. The van der Waals surface area contributed by atoms with Crippen molar-refractivity contribution in [1.29, 1.82) is 0 Å². The molecule has 0 aliphatic carbocycles. The zero-order chi connectivity index (χ0) is 21.2. The van der Waals surface area contributed by atoms with E-state index in [1.54, 1.807) is 30.3 Å². The molecule has 0 radical (unpaired) electrons. The predicted molar refractivity (Wildman–Crippen MR) is 108 cm³/mol. The maximum Gasteiger partial charge on any atom is 0.315 e. The normalized spacial score (nSPS) is 10.6. The van der Waals surface area contributed by atoms with Crippen LogP contribution in [0, 0.1) is 10.1 Å². The van der Waals surface area contributed by atoms with Crippen LogP contribution in [0.1, 0.15) is 35.7 Å². The van der Waals surface area contributed by atoms with E-state index in [2.05, 4.69) is 10.5 Å². The van der Waals surface area contributed by atoms with E-state index in [-0.39, 0.29) is 17.2 Å². The van der Waals surface area contributed by atoms with E-state index in [4.69, 9.17) is 14.2 Å². The van der Waals surface area contributed by atoms with Crippen LogP contribution in [-0.2, 0) is 0 Å². The highest BCUT2D eigenvalue weighted by Gasteiger charge is 2.22. The molecule has 0 aliphatic rings. The minimum atomic E-state index is -0.546. The van der Waals surface area contributed by atoms with Crippen molar-refractivity contribution < 1.29 is 23.9 Å². The molecule has 2 aromatic rings. The van der Waals surface area contributed by atoms with Gasteiger partial charge in [-0.15, -0.1) is 0 Å². The van der Waals surface area contributed by atoms with Crippen molar-refractivity contribution in [3.8, 4) is 17.2 Å². The molecule has 9 nitrogen and oxygen atoms in total. The molecule has 154 valence electrons. The standard InChI is InChI=1S/C20H23N3O6/c1-4-5-9-29-19-17(23(25)26)10-14(11-18(19)28-3)13-21-22-20(24)15-7-6-8-16(12-15)27-2/h6-8,10-13H,4-5,9H2,1-3H3,(H,22,24)/b21-13+. The van der Waals surface area contributed by atoms with Crippen LogP contribution < -0.4 is 19.6 Å². The molecule has 0 heterocycles. The van der Waals surface area contributed by atoms with Gasteiger partial charge < -0.3 is 14.2 Å². The van der Waals surface area contributed by atoms with Crippen LogP contribution in [0.3, 0.4) is 0 Å². The second kappa shape index (κ2) is 10.6. The number of unbranched alkanes of at least 4 members (excludes halogenated alkanes) is 1. The quantitative estimate of drug-likeness (QED) is 0.282. The maximum atomic E-state index is 12.2. The molecule has 1 amide bonds. The van der Waals surface area contributed by atoms with Crippen molar-refractivity contribution in [3.63, 3.8) is 0 Å². The van der Waals surface area contributed by atoms with Gasteiger partial charge in [-0.1, -0.05) is 19.4 Å². The Morgan fingerprint density at radius 2 is 2.03 bits per heavy atom. The lowest BCUT2D eigenvalue weighted by atomic mass is 10.2. The first-order valence-electron chi connectivity index (χ1n) is 8.96. The van der Waals surface area contributed by atoms with Crippen molar-refractivity contribution in [2.45, 2.75) is 19.8 Å². The number of benzene rings is 2. The van der Waals surface area contributed by atoms with Crippen LogP contribution in [0.5, 0.6) is 17.2 Å². The van der Waals surface area contributed by atoms with Crippen molar-refractivity contribution >= 4 is 17.8 Å². The van der Waals surface area contributed by atoms with Gasteiger partial charge in [-0.2, -0.15) is 5.10 Å². The third kappa shape index (κ3) is 5.93. The van der Waals surface area contributed by atoms with Crippen molar-refractivity contribution in [1.82, 2.24) is 5.43 Å². The molecule has 0 saturated heterocycles. The molecule has 0 aliphatic heterocycles. The number of methoxy groups -OCH3 is 2. The summed E-state index contributed by atoms with van der Waals surface area (Å²) in [5.41, 5.74) is 2.88. The van der Waals surface area contributed by atoms with E-state index in [1.807, 2.05) is 6.92 Å². The largest absolute Gasteiger partial charge is 0.497 e. The molecule has 2 rings (SSSR count). The smallest absolute Gasteiger partial charge is 0.315 e. The Balaban J connectivity index is 2.19. The van der Waals surface area contributed by atoms with E-state index in [1.165, 1.54) is 26.5 Å². The van der Waals surface area contributed by atoms with E-state index < -0.39 is 10.8 Å². The number of nitro benzene ring substituents is 1. The minimum Gasteiger partial charge on any atom is -0.497 e. The Bertz CT molecular complexity index is 898. The lowest BCUT2D eigenvalue weighted by Crippen LogP contribution is -2.17. The highest BCUT2D eigenvalue weighted by molar-refractivity contribution is 5.95. The third-order valence-corrected chi connectivity index (χ3v) is 3.93. The fourth-order valence-electron chi connectivity index (χ4n) is 2.43. The minimum absolute atomic E-state index is 0.0727. The van der Waals surface area contributed by atoms with E-state index in [0.717, 1.165) is 12.8 Å². The summed E-state index contributed by atoms with van der Waals surface area (Å²) >= 11 is 0. The number of nitrogens with zero attached hydrogens (tertiary/aromatic N) is 2. The molecular formula is C20H23N3O6. The van der Waals surface area contributed by atoms with Gasteiger partial charge in [0.2, 0.25) is 5.75 Å². The van der Waals surface area contributed by atoms with E-state index in [9.17, 15) is 14.9 Å². The number of ether oxygens (including phenoxy) is 3. The third-order valence-electron chi connectivity index (χ3n) is 3.93. The zero-order valence-electron chi connectivity index (χ0n) is 16.5. The maximum absolute atomic E-state index is 12.2. The van der Waals surface area contributed by atoms with Crippen LogP contribution >= 0.6 is 0 Å². The van der Waals surface area contributed by atoms with Crippen molar-refractivity contribution in [2.75, 3.05) is 20.8 Å². The first-order valence-corrected chi connectivity index (χ1v) is 8.96. The van der Waals surface area contributed by atoms with Gasteiger partial charge in [0.25, 0.3) is 5.91 Å². The SMILES string of the molecule is CCCCOc1c(OC)cc(/C=N/NC(=O)c2cccc(OC)c2)cc1[N+](=O)[O-]. The number of nitrogens with one attached hydrogen (secondary N) is 1. The first kappa shape index (κ1) is 21.7. The number of carbonyl (C=O) groups is 1. The van der Waals surface area contributed by atoms with Gasteiger partial charge in [0, 0.05) is 17.2 Å². The summed E-state index contributed by atoms with van der Waals surface area (Å²) < 4.78 is 15.9. The first-order chi connectivity index (χ1) is 14.0. The van der Waals surface area contributed by atoms with E-state index in [0.29, 0.717) is 23.5 Å². The Morgan fingerprint density at radius 1 is 1.24 bits per heavy atom. The second-order valence-corrected chi connectivity index (χ2v) is 5.96. The summed E-state index contributed by atoms with van der Waals surface area (Å²) in [5, 5.41) is 15.3. The average molecular weight is 401 g/mol.